The fourth-order valence-electron chi connectivity index (χ4n) is 6.02. The molecule has 0 heterocycles. The molecular formula is C34H48ClO2P. The number of hydrogen-bond acceptors (Lipinski definition) is 2. The number of benzene rings is 3. The first-order chi connectivity index (χ1) is 18.4. The predicted octanol–water partition coefficient (Wildman–Crippen LogP) is 8.73. The Labute approximate surface area is 236 Å². The van der Waals surface area contributed by atoms with Crippen molar-refractivity contribution in [2.45, 2.75) is 85.9 Å². The van der Waals surface area contributed by atoms with E-state index in [0.717, 1.165) is 25.4 Å². The molecule has 0 fully saturated rings. The zero-order valence-electron chi connectivity index (χ0n) is 24.2. The summed E-state index contributed by atoms with van der Waals surface area (Å²) in [4.78, 5) is 0. The van der Waals surface area contributed by atoms with Crippen molar-refractivity contribution in [1.29, 1.82) is 0 Å². The van der Waals surface area contributed by atoms with Crippen LogP contribution in [-0.4, -0.2) is 25.7 Å². The average molecular weight is 555 g/mol. The first-order valence-electron chi connectivity index (χ1n) is 14.5. The third-order valence-corrected chi connectivity index (χ3v) is 15.6. The fourth-order valence-corrected chi connectivity index (χ4v) is 14.0. The third-order valence-electron chi connectivity index (χ3n) is 7.83. The first kappa shape index (κ1) is 30.8. The van der Waals surface area contributed by atoms with E-state index in [1.807, 2.05) is 13.8 Å². The zero-order valence-corrected chi connectivity index (χ0v) is 25.9. The number of ether oxygens (including phenoxy) is 2. The van der Waals surface area contributed by atoms with E-state index in [2.05, 4.69) is 93.6 Å². The summed E-state index contributed by atoms with van der Waals surface area (Å²) in [5.74, 6) is -3.25. The van der Waals surface area contributed by atoms with Crippen LogP contribution in [0.15, 0.2) is 72.8 Å². The summed E-state index contributed by atoms with van der Waals surface area (Å²) in [7, 11) is 0. The maximum atomic E-state index is 8.45. The van der Waals surface area contributed by atoms with Gasteiger partial charge in [-0.15, -0.1) is 0 Å². The Hall–Kier alpha value is -1.70. The van der Waals surface area contributed by atoms with Gasteiger partial charge in [-0.25, -0.2) is 0 Å². The molecule has 0 spiro atoms. The molecule has 3 rings (SSSR count). The predicted molar refractivity (Wildman–Crippen MR) is 169 cm³/mol. The van der Waals surface area contributed by atoms with Crippen LogP contribution in [0.2, 0.25) is 0 Å². The van der Waals surface area contributed by atoms with Crippen LogP contribution in [0.1, 0.15) is 75.5 Å². The SMILES string of the molecule is CCOC(CCCCCCCCP(Cl)(c1ccccc1C)(c1ccccc1C)c1ccccc1C)OCC. The molecule has 0 aromatic heterocycles. The van der Waals surface area contributed by atoms with Gasteiger partial charge < -0.3 is 0 Å². The number of halogens is 1. The van der Waals surface area contributed by atoms with E-state index in [4.69, 9.17) is 20.7 Å². The molecule has 0 aliphatic rings. The summed E-state index contributed by atoms with van der Waals surface area (Å²) in [5, 5.41) is 3.96. The Kier molecular flexibility index (Phi) is 11.9. The molecule has 38 heavy (non-hydrogen) atoms. The summed E-state index contributed by atoms with van der Waals surface area (Å²) in [6, 6.07) is 26.5. The maximum absolute atomic E-state index is 8.45. The monoisotopic (exact) mass is 554 g/mol. The molecule has 3 aromatic carbocycles. The van der Waals surface area contributed by atoms with Crippen molar-refractivity contribution in [3.63, 3.8) is 0 Å². The van der Waals surface area contributed by atoms with E-state index >= 15 is 0 Å². The van der Waals surface area contributed by atoms with Crippen LogP contribution in [0.5, 0.6) is 0 Å². The van der Waals surface area contributed by atoms with Crippen molar-refractivity contribution in [2.24, 2.45) is 0 Å². The summed E-state index contributed by atoms with van der Waals surface area (Å²) >= 11 is 8.45. The van der Waals surface area contributed by atoms with Crippen molar-refractivity contribution >= 4 is 33.1 Å². The summed E-state index contributed by atoms with van der Waals surface area (Å²) < 4.78 is 11.4. The Balaban J connectivity index is 1.84. The van der Waals surface area contributed by atoms with E-state index in [0.29, 0.717) is 13.2 Å². The Bertz CT molecular complexity index is 1020. The van der Waals surface area contributed by atoms with Gasteiger partial charge in [-0.2, -0.15) is 0 Å². The summed E-state index contributed by atoms with van der Waals surface area (Å²) in [5.41, 5.74) is 3.85. The van der Waals surface area contributed by atoms with Crippen LogP contribution in [0.4, 0.5) is 0 Å². The van der Waals surface area contributed by atoms with E-state index in [1.165, 1.54) is 58.3 Å². The molecule has 0 saturated heterocycles. The van der Waals surface area contributed by atoms with Crippen LogP contribution in [0.3, 0.4) is 0 Å². The standard InChI is InChI=1S/C34H48ClO2P/c1-6-36-34(37-7-2)26-12-10-8-9-11-19-27-38(35,31-23-16-13-20-28(31)3,32-24-17-14-21-29(32)4)33-25-18-15-22-30(33)5/h13-18,20-25,34H,6-12,19,26-27H2,1-5H3. The molecule has 3 aromatic rings. The quantitative estimate of drug-likeness (QED) is 0.100. The molecule has 0 aliphatic carbocycles. The zero-order chi connectivity index (χ0) is 27.5. The second-order valence-corrected chi connectivity index (χ2v) is 17.0. The van der Waals surface area contributed by atoms with Gasteiger partial charge in [0, 0.05) is 0 Å². The van der Waals surface area contributed by atoms with Crippen molar-refractivity contribution in [3.8, 4) is 0 Å². The van der Waals surface area contributed by atoms with Crippen LogP contribution >= 0.6 is 17.2 Å². The Morgan fingerprint density at radius 1 is 0.579 bits per heavy atom. The third kappa shape index (κ3) is 6.89. The molecule has 2 nitrogen and oxygen atoms in total. The molecule has 0 amide bonds. The van der Waals surface area contributed by atoms with Gasteiger partial charge in [-0.3, -0.25) is 0 Å². The minimum absolute atomic E-state index is 0.0512. The van der Waals surface area contributed by atoms with Gasteiger partial charge in [0.1, 0.15) is 0 Å². The molecule has 208 valence electrons. The topological polar surface area (TPSA) is 18.5 Å². The van der Waals surface area contributed by atoms with E-state index in [-0.39, 0.29) is 6.29 Å². The molecule has 0 atom stereocenters. The van der Waals surface area contributed by atoms with Gasteiger partial charge in [0.05, 0.1) is 0 Å². The minimum atomic E-state index is -3.25. The van der Waals surface area contributed by atoms with E-state index in [9.17, 15) is 0 Å². The van der Waals surface area contributed by atoms with Crippen molar-refractivity contribution in [3.05, 3.63) is 89.5 Å². The average Bonchev–Trinajstić information content (AvgIpc) is 2.91. The first-order valence-corrected chi connectivity index (χ1v) is 17.8. The fraction of sp³-hybridized carbons (Fsp3) is 0.471. The van der Waals surface area contributed by atoms with Crippen LogP contribution in [-0.2, 0) is 9.47 Å². The number of aryl methyl sites for hydroxylation is 3. The van der Waals surface area contributed by atoms with Gasteiger partial charge in [0.2, 0.25) is 0 Å². The Morgan fingerprint density at radius 2 is 0.947 bits per heavy atom. The summed E-state index contributed by atoms with van der Waals surface area (Å²) in [6.45, 7) is 12.2. The van der Waals surface area contributed by atoms with Gasteiger partial charge in [0.25, 0.3) is 0 Å². The van der Waals surface area contributed by atoms with Gasteiger partial charge in [0.15, 0.2) is 0 Å². The van der Waals surface area contributed by atoms with Gasteiger partial charge in [-0.05, 0) is 0 Å². The second kappa shape index (κ2) is 14.6. The van der Waals surface area contributed by atoms with E-state index in [1.54, 1.807) is 0 Å². The van der Waals surface area contributed by atoms with Gasteiger partial charge in [-0.1, -0.05) is 0 Å². The van der Waals surface area contributed by atoms with Crippen LogP contribution in [0, 0.1) is 20.8 Å². The normalized spacial score (nSPS) is 13.0. The van der Waals surface area contributed by atoms with Crippen LogP contribution in [0.25, 0.3) is 0 Å². The Morgan fingerprint density at radius 3 is 1.34 bits per heavy atom. The molecular weight excluding hydrogens is 507 g/mol. The molecule has 0 aliphatic heterocycles. The van der Waals surface area contributed by atoms with Crippen molar-refractivity contribution in [2.75, 3.05) is 19.4 Å². The molecule has 0 N–H and O–H groups in total. The molecule has 0 saturated carbocycles. The van der Waals surface area contributed by atoms with E-state index < -0.39 is 5.96 Å². The van der Waals surface area contributed by atoms with Crippen LogP contribution < -0.4 is 15.9 Å². The molecule has 4 heteroatoms. The summed E-state index contributed by atoms with van der Waals surface area (Å²) in [6.07, 6.45) is 9.04. The van der Waals surface area contributed by atoms with Crippen molar-refractivity contribution < 1.29 is 9.47 Å². The second-order valence-electron chi connectivity index (χ2n) is 10.5. The number of rotatable bonds is 16. The molecule has 0 unspecified atom stereocenters. The molecule has 0 bridgehead atoms. The number of hydrogen-bond donors (Lipinski definition) is 0. The molecule has 0 radical (unpaired) electrons. The van der Waals surface area contributed by atoms with Crippen molar-refractivity contribution in [1.82, 2.24) is 0 Å². The van der Waals surface area contributed by atoms with Gasteiger partial charge >= 0.3 is 237 Å². The number of unbranched alkanes of at least 4 members (excludes halogenated alkanes) is 5.